The fraction of sp³-hybridized carbons (Fsp3) is 0.167. The van der Waals surface area contributed by atoms with E-state index in [1.165, 1.54) is 24.3 Å². The molecule has 23 heavy (non-hydrogen) atoms. The maximum absolute atomic E-state index is 13.8. The van der Waals surface area contributed by atoms with Gasteiger partial charge in [-0.05, 0) is 52.9 Å². The highest BCUT2D eigenvalue weighted by atomic mass is 79.9. The molecule has 118 valence electrons. The van der Waals surface area contributed by atoms with Crippen LogP contribution in [0.3, 0.4) is 0 Å². The Morgan fingerprint density at radius 1 is 1.04 bits per heavy atom. The molecule has 1 aliphatic rings. The maximum atomic E-state index is 13.8. The lowest BCUT2D eigenvalue weighted by Crippen LogP contribution is -2.35. The Morgan fingerprint density at radius 2 is 1.57 bits per heavy atom. The van der Waals surface area contributed by atoms with Gasteiger partial charge >= 0.3 is 5.97 Å². The second-order valence-electron chi connectivity index (χ2n) is 5.42. The van der Waals surface area contributed by atoms with Crippen molar-refractivity contribution in [3.05, 3.63) is 71.3 Å². The number of hydrogen-bond acceptors (Lipinski definition) is 1. The van der Waals surface area contributed by atoms with Crippen LogP contribution >= 0.6 is 15.9 Å². The molecular formula is C18H13BrF2O2. The lowest BCUT2D eigenvalue weighted by molar-refractivity contribution is -0.141. The van der Waals surface area contributed by atoms with Gasteiger partial charge in [-0.1, -0.05) is 40.2 Å². The summed E-state index contributed by atoms with van der Waals surface area (Å²) in [6.45, 7) is 0. The van der Waals surface area contributed by atoms with Crippen molar-refractivity contribution in [2.75, 3.05) is 5.33 Å². The fourth-order valence-corrected chi connectivity index (χ4v) is 3.48. The summed E-state index contributed by atoms with van der Waals surface area (Å²) in [5.41, 5.74) is 0.523. The maximum Gasteiger partial charge on any atom is 0.319 e. The second kappa shape index (κ2) is 5.89. The van der Waals surface area contributed by atoms with Crippen LogP contribution < -0.4 is 0 Å². The summed E-state index contributed by atoms with van der Waals surface area (Å²) in [4.78, 5) is 12.2. The SMILES string of the molecule is O=C(O)C1(C/C=C/CBr)c2cc(F)ccc2-c2ccc(F)cc21. The molecule has 2 aromatic rings. The monoisotopic (exact) mass is 378 g/mol. The van der Waals surface area contributed by atoms with E-state index in [-0.39, 0.29) is 6.42 Å². The van der Waals surface area contributed by atoms with Gasteiger partial charge in [-0.2, -0.15) is 0 Å². The third-order valence-electron chi connectivity index (χ3n) is 4.22. The van der Waals surface area contributed by atoms with Gasteiger partial charge in [0.15, 0.2) is 0 Å². The van der Waals surface area contributed by atoms with E-state index in [1.807, 2.05) is 0 Å². The van der Waals surface area contributed by atoms with Gasteiger partial charge in [0.2, 0.25) is 0 Å². The molecule has 0 amide bonds. The molecule has 0 aromatic heterocycles. The van der Waals surface area contributed by atoms with Crippen LogP contribution in [0.1, 0.15) is 17.5 Å². The van der Waals surface area contributed by atoms with Crippen LogP contribution in [0.5, 0.6) is 0 Å². The van der Waals surface area contributed by atoms with Crippen molar-refractivity contribution in [2.45, 2.75) is 11.8 Å². The largest absolute Gasteiger partial charge is 0.480 e. The van der Waals surface area contributed by atoms with Gasteiger partial charge in [0.05, 0.1) is 0 Å². The minimum absolute atomic E-state index is 0.126. The minimum Gasteiger partial charge on any atom is -0.480 e. The molecule has 0 saturated carbocycles. The lowest BCUT2D eigenvalue weighted by atomic mass is 9.75. The number of hydrogen-bond donors (Lipinski definition) is 1. The number of allylic oxidation sites excluding steroid dienone is 2. The molecule has 0 unspecified atom stereocenters. The Morgan fingerprint density at radius 3 is 2.00 bits per heavy atom. The molecule has 2 aromatic carbocycles. The number of benzene rings is 2. The number of carbonyl (C=O) groups is 1. The number of halogens is 3. The van der Waals surface area contributed by atoms with Gasteiger partial charge in [-0.3, -0.25) is 4.79 Å². The second-order valence-corrected chi connectivity index (χ2v) is 6.07. The Balaban J connectivity index is 2.33. The van der Waals surface area contributed by atoms with Crippen LogP contribution in [-0.4, -0.2) is 16.4 Å². The summed E-state index contributed by atoms with van der Waals surface area (Å²) >= 11 is 3.25. The predicted molar refractivity (Wildman–Crippen MR) is 87.8 cm³/mol. The van der Waals surface area contributed by atoms with Crippen molar-refractivity contribution < 1.29 is 18.7 Å². The minimum atomic E-state index is -1.48. The van der Waals surface area contributed by atoms with Gasteiger partial charge in [-0.25, -0.2) is 8.78 Å². The molecule has 0 atom stereocenters. The average Bonchev–Trinajstić information content (AvgIpc) is 2.77. The Kier molecular flexibility index (Phi) is 4.06. The van der Waals surface area contributed by atoms with Crippen molar-refractivity contribution >= 4 is 21.9 Å². The van der Waals surface area contributed by atoms with Crippen LogP contribution in [0.25, 0.3) is 11.1 Å². The van der Waals surface area contributed by atoms with E-state index >= 15 is 0 Å². The van der Waals surface area contributed by atoms with E-state index in [4.69, 9.17) is 0 Å². The van der Waals surface area contributed by atoms with Crippen LogP contribution in [-0.2, 0) is 10.2 Å². The first-order chi connectivity index (χ1) is 11.0. The van der Waals surface area contributed by atoms with Gasteiger partial charge in [0, 0.05) is 5.33 Å². The number of alkyl halides is 1. The average molecular weight is 379 g/mol. The molecule has 0 saturated heterocycles. The highest BCUT2D eigenvalue weighted by Crippen LogP contribution is 2.51. The molecule has 3 rings (SSSR count). The van der Waals surface area contributed by atoms with Crippen molar-refractivity contribution in [2.24, 2.45) is 0 Å². The molecule has 0 spiro atoms. The summed E-state index contributed by atoms with van der Waals surface area (Å²) < 4.78 is 27.5. The van der Waals surface area contributed by atoms with Crippen LogP contribution in [0.15, 0.2) is 48.6 Å². The molecule has 2 nitrogen and oxygen atoms in total. The van der Waals surface area contributed by atoms with Crippen LogP contribution in [0.4, 0.5) is 8.78 Å². The van der Waals surface area contributed by atoms with Gasteiger partial charge < -0.3 is 5.11 Å². The Bertz CT molecular complexity index is 763. The molecule has 0 radical (unpaired) electrons. The summed E-state index contributed by atoms with van der Waals surface area (Å²) in [5.74, 6) is -2.13. The third kappa shape index (κ3) is 2.39. The lowest BCUT2D eigenvalue weighted by Gasteiger charge is -2.26. The van der Waals surface area contributed by atoms with E-state index in [0.29, 0.717) is 27.6 Å². The van der Waals surface area contributed by atoms with Gasteiger partial charge in [0.25, 0.3) is 0 Å². The molecular weight excluding hydrogens is 366 g/mol. The molecule has 0 aliphatic heterocycles. The van der Waals surface area contributed by atoms with Crippen molar-refractivity contribution in [1.29, 1.82) is 0 Å². The first-order valence-electron chi connectivity index (χ1n) is 7.05. The molecule has 5 heteroatoms. The van der Waals surface area contributed by atoms with Gasteiger partial charge in [0.1, 0.15) is 17.0 Å². The quantitative estimate of drug-likeness (QED) is 0.620. The molecule has 0 bridgehead atoms. The molecule has 1 N–H and O–H groups in total. The Hall–Kier alpha value is -2.01. The molecule has 0 fully saturated rings. The van der Waals surface area contributed by atoms with E-state index in [9.17, 15) is 18.7 Å². The summed E-state index contributed by atoms with van der Waals surface area (Å²) in [6, 6.07) is 8.17. The topological polar surface area (TPSA) is 37.3 Å². The number of carboxylic acid groups (broad SMARTS) is 1. The number of aliphatic carboxylic acids is 1. The normalized spacial score (nSPS) is 14.7. The van der Waals surface area contributed by atoms with E-state index in [0.717, 1.165) is 0 Å². The first kappa shape index (κ1) is 15.9. The third-order valence-corrected chi connectivity index (χ3v) is 4.59. The van der Waals surface area contributed by atoms with Crippen molar-refractivity contribution in [1.82, 2.24) is 0 Å². The number of fused-ring (bicyclic) bond motifs is 3. The van der Waals surface area contributed by atoms with Crippen LogP contribution in [0, 0.1) is 11.6 Å². The zero-order valence-electron chi connectivity index (χ0n) is 12.0. The molecule has 0 heterocycles. The van der Waals surface area contributed by atoms with Crippen LogP contribution in [0.2, 0.25) is 0 Å². The number of carboxylic acids is 1. The van der Waals surface area contributed by atoms with E-state index < -0.39 is 23.0 Å². The van der Waals surface area contributed by atoms with Crippen molar-refractivity contribution in [3.8, 4) is 11.1 Å². The Labute approximate surface area is 140 Å². The highest BCUT2D eigenvalue weighted by Gasteiger charge is 2.49. The van der Waals surface area contributed by atoms with Crippen molar-refractivity contribution in [3.63, 3.8) is 0 Å². The fourth-order valence-electron chi connectivity index (χ4n) is 3.21. The number of rotatable bonds is 4. The standard InChI is InChI=1S/C18H13BrF2O2/c19-8-2-1-7-18(17(22)23)15-9-11(20)3-5-13(15)14-6-4-12(21)10-16(14)18/h1-6,9-10H,7-8H2,(H,22,23)/b2-1+. The highest BCUT2D eigenvalue weighted by molar-refractivity contribution is 9.09. The van der Waals surface area contributed by atoms with E-state index in [1.54, 1.807) is 24.3 Å². The summed E-state index contributed by atoms with van der Waals surface area (Å²) in [7, 11) is 0. The predicted octanol–water partition coefficient (Wildman–Crippen LogP) is 4.66. The first-order valence-corrected chi connectivity index (χ1v) is 8.17. The summed E-state index contributed by atoms with van der Waals surface area (Å²) in [6.07, 6.45) is 3.62. The molecule has 1 aliphatic carbocycles. The summed E-state index contributed by atoms with van der Waals surface area (Å²) in [5, 5.41) is 10.5. The zero-order chi connectivity index (χ0) is 16.6. The smallest absolute Gasteiger partial charge is 0.319 e. The van der Waals surface area contributed by atoms with E-state index in [2.05, 4.69) is 15.9 Å². The van der Waals surface area contributed by atoms with Gasteiger partial charge in [-0.15, -0.1) is 0 Å². The zero-order valence-corrected chi connectivity index (χ0v) is 13.6.